The summed E-state index contributed by atoms with van der Waals surface area (Å²) < 4.78 is 193. The maximum Gasteiger partial charge on any atom is 0.397 e. The molecule has 0 unspecified atom stereocenters. The maximum absolute atomic E-state index is 13.5. The zero-order valence-corrected chi connectivity index (χ0v) is 28.1. The molecule has 48 heavy (non-hydrogen) atoms. The summed E-state index contributed by atoms with van der Waals surface area (Å²) in [5, 5.41) is 15.7. The summed E-state index contributed by atoms with van der Waals surface area (Å²) in [6, 6.07) is 6.87. The average molecular weight is 800 g/mol. The number of fused-ring (bicyclic) bond motifs is 1. The Hall–Kier alpha value is -3.42. The molecule has 28 heteroatoms. The van der Waals surface area contributed by atoms with Crippen LogP contribution in [0.2, 0.25) is 0 Å². The van der Waals surface area contributed by atoms with Crippen molar-refractivity contribution in [1.82, 2.24) is 0 Å². The third-order valence-corrected chi connectivity index (χ3v) is 12.1. The van der Waals surface area contributed by atoms with Crippen LogP contribution < -0.4 is 5.73 Å². The van der Waals surface area contributed by atoms with Gasteiger partial charge < -0.3 is 10.8 Å². The monoisotopic (exact) mass is 799 g/mol. The number of aromatic hydroxyl groups is 1. The Balaban J connectivity index is 2.63. The molecule has 0 aromatic heterocycles. The highest BCUT2D eigenvalue weighted by Crippen LogP contribution is 2.50. The van der Waals surface area contributed by atoms with E-state index in [4.69, 9.17) is 14.8 Å². The van der Waals surface area contributed by atoms with Crippen LogP contribution in [0.3, 0.4) is 0 Å². The van der Waals surface area contributed by atoms with E-state index in [1.165, 1.54) is 30.3 Å². The molecule has 0 atom stereocenters. The van der Waals surface area contributed by atoms with Crippen LogP contribution in [0, 0.1) is 0 Å². The van der Waals surface area contributed by atoms with E-state index in [9.17, 15) is 64.7 Å². The zero-order valence-electron chi connectivity index (χ0n) is 23.2. The molecular weight excluding hydrogens is 779 g/mol. The standard InChI is InChI=1S/C20H21N3O19S6/c21-15-14-12(10-13(45(29,30)31)19(17(14)24)43(25,26)8-6-41-47(35,36)37)18(46(32,33)34)16(23-22-11-4-2-1-3-5-11)20(15)44(27,28)9-7-42-48(38,39)40/h1-5,10,24H,6-9,21H2,(H,29,30,31)(H,32,33,34)(H,35,36,37)(H,38,39,40). The Bertz CT molecular complexity index is 2480. The van der Waals surface area contributed by atoms with Crippen molar-refractivity contribution in [3.63, 3.8) is 0 Å². The van der Waals surface area contributed by atoms with Crippen molar-refractivity contribution < 1.29 is 82.2 Å². The molecular formula is C20H21N3O19S6. The first-order valence-electron chi connectivity index (χ1n) is 11.9. The number of hydrogen-bond acceptors (Lipinski definition) is 18. The molecule has 0 fully saturated rings. The SMILES string of the molecule is Nc1c(S(=O)(=O)CCOS(=O)(=O)O)c(N=Nc2ccccc2)c(S(=O)(=O)O)c2cc(S(=O)(=O)O)c(S(=O)(=O)CCOS(=O)(=O)O)c(O)c12. The number of phenols is 1. The Morgan fingerprint density at radius 2 is 1.12 bits per heavy atom. The number of anilines is 1. The number of nitrogens with zero attached hydrogens (tertiary/aromatic N) is 2. The van der Waals surface area contributed by atoms with Gasteiger partial charge in [0.25, 0.3) is 20.2 Å². The largest absolute Gasteiger partial charge is 0.506 e. The number of hydrogen-bond donors (Lipinski definition) is 6. The van der Waals surface area contributed by atoms with Crippen LogP contribution in [0.5, 0.6) is 5.75 Å². The van der Waals surface area contributed by atoms with Gasteiger partial charge in [0.05, 0.1) is 41.5 Å². The number of sulfone groups is 2. The highest BCUT2D eigenvalue weighted by Gasteiger charge is 2.38. The second-order valence-corrected chi connectivity index (χ2v) is 18.0. The number of nitrogens with two attached hydrogens (primary N) is 1. The van der Waals surface area contributed by atoms with E-state index in [2.05, 4.69) is 18.6 Å². The zero-order chi connectivity index (χ0) is 36.7. The smallest absolute Gasteiger partial charge is 0.397 e. The quantitative estimate of drug-likeness (QED) is 0.0721. The number of phenolic OH excluding ortho intramolecular Hbond substituents is 1. The van der Waals surface area contributed by atoms with Crippen molar-refractivity contribution in [2.75, 3.05) is 30.5 Å². The summed E-state index contributed by atoms with van der Waals surface area (Å²) in [7, 11) is -32.8. The number of azo groups is 1. The predicted octanol–water partition coefficient (Wildman–Crippen LogP) is 0.223. The second-order valence-electron chi connectivity index (χ2n) is 9.02. The molecule has 0 aliphatic heterocycles. The van der Waals surface area contributed by atoms with Gasteiger partial charge in [-0.1, -0.05) is 18.2 Å². The van der Waals surface area contributed by atoms with E-state index in [1.807, 2.05) is 0 Å². The molecule has 0 aliphatic carbocycles. The van der Waals surface area contributed by atoms with E-state index in [0.29, 0.717) is 0 Å². The van der Waals surface area contributed by atoms with Gasteiger partial charge >= 0.3 is 20.8 Å². The summed E-state index contributed by atoms with van der Waals surface area (Å²) in [6.45, 7) is -2.79. The molecule has 0 spiro atoms. The van der Waals surface area contributed by atoms with Gasteiger partial charge in [-0.2, -0.15) is 38.8 Å². The van der Waals surface area contributed by atoms with E-state index < -0.39 is 133 Å². The summed E-state index contributed by atoms with van der Waals surface area (Å²) in [5.41, 5.74) is 3.21. The van der Waals surface area contributed by atoms with Crippen LogP contribution in [0.15, 0.2) is 66.2 Å². The fourth-order valence-corrected chi connectivity index (χ4v) is 9.65. The van der Waals surface area contributed by atoms with Gasteiger partial charge in [-0.3, -0.25) is 18.2 Å². The van der Waals surface area contributed by atoms with Crippen LogP contribution >= 0.6 is 0 Å². The van der Waals surface area contributed by atoms with Crippen molar-refractivity contribution in [3.8, 4) is 5.75 Å². The molecule has 0 radical (unpaired) electrons. The summed E-state index contributed by atoms with van der Waals surface area (Å²) in [6.07, 6.45) is 0. The van der Waals surface area contributed by atoms with E-state index in [0.717, 1.165) is 0 Å². The van der Waals surface area contributed by atoms with E-state index in [-0.39, 0.29) is 11.8 Å². The first-order valence-corrected chi connectivity index (χ1v) is 20.8. The first kappa shape index (κ1) is 39.0. The van der Waals surface area contributed by atoms with Crippen molar-refractivity contribution in [3.05, 3.63) is 36.4 Å². The minimum Gasteiger partial charge on any atom is -0.506 e. The maximum atomic E-state index is 13.5. The Kier molecular flexibility index (Phi) is 11.0. The first-order chi connectivity index (χ1) is 21.7. The lowest BCUT2D eigenvalue weighted by Crippen LogP contribution is -2.20. The van der Waals surface area contributed by atoms with Gasteiger partial charge in [-0.15, -0.1) is 5.11 Å². The third kappa shape index (κ3) is 9.17. The third-order valence-electron chi connectivity index (χ3n) is 5.76. The van der Waals surface area contributed by atoms with Gasteiger partial charge in [-0.25, -0.2) is 25.2 Å². The Morgan fingerprint density at radius 3 is 1.56 bits per heavy atom. The van der Waals surface area contributed by atoms with Crippen LogP contribution in [0.4, 0.5) is 17.1 Å². The Morgan fingerprint density at radius 1 is 0.646 bits per heavy atom. The van der Waals surface area contributed by atoms with Crippen LogP contribution in [0.1, 0.15) is 0 Å². The van der Waals surface area contributed by atoms with Gasteiger partial charge in [0.1, 0.15) is 31.0 Å². The molecule has 0 amide bonds. The fraction of sp³-hybridized carbons (Fsp3) is 0.200. The molecule has 0 heterocycles. The van der Waals surface area contributed by atoms with Gasteiger partial charge in [0.2, 0.25) is 0 Å². The van der Waals surface area contributed by atoms with Gasteiger partial charge in [0, 0.05) is 5.39 Å². The molecule has 7 N–H and O–H groups in total. The van der Waals surface area contributed by atoms with E-state index in [1.54, 1.807) is 0 Å². The number of rotatable bonds is 14. The van der Waals surface area contributed by atoms with Crippen molar-refractivity contribution in [1.29, 1.82) is 0 Å². The highest BCUT2D eigenvalue weighted by molar-refractivity contribution is 7.93. The molecule has 3 aromatic rings. The summed E-state index contributed by atoms with van der Waals surface area (Å²) >= 11 is 0. The lowest BCUT2D eigenvalue weighted by Gasteiger charge is -2.20. The molecule has 3 aromatic carbocycles. The topological polar surface area (TPSA) is 375 Å². The lowest BCUT2D eigenvalue weighted by atomic mass is 10.1. The molecule has 0 saturated carbocycles. The van der Waals surface area contributed by atoms with Crippen LogP contribution in [-0.2, 0) is 69.1 Å². The molecule has 22 nitrogen and oxygen atoms in total. The number of benzene rings is 3. The molecule has 0 saturated heterocycles. The minimum absolute atomic E-state index is 0.0414. The average Bonchev–Trinajstić information content (AvgIpc) is 2.88. The normalized spacial score (nSPS) is 13.8. The molecule has 3 rings (SSSR count). The van der Waals surface area contributed by atoms with Crippen LogP contribution in [0.25, 0.3) is 10.8 Å². The van der Waals surface area contributed by atoms with Crippen molar-refractivity contribution in [2.24, 2.45) is 10.2 Å². The minimum atomic E-state index is -5.86. The second kappa shape index (κ2) is 13.5. The number of nitrogen functional groups attached to an aromatic ring is 1. The summed E-state index contributed by atoms with van der Waals surface area (Å²) in [5.74, 6) is -4.91. The van der Waals surface area contributed by atoms with E-state index >= 15 is 0 Å². The molecule has 0 bridgehead atoms. The Labute approximate surface area is 272 Å². The molecule has 266 valence electrons. The molecule has 0 aliphatic rings. The van der Waals surface area contributed by atoms with Gasteiger partial charge in [0.15, 0.2) is 19.7 Å². The van der Waals surface area contributed by atoms with Gasteiger partial charge in [-0.05, 0) is 18.2 Å². The summed E-state index contributed by atoms with van der Waals surface area (Å²) in [4.78, 5) is -6.76. The highest BCUT2D eigenvalue weighted by atomic mass is 32.3. The van der Waals surface area contributed by atoms with Crippen LogP contribution in [-0.4, -0.2) is 98.5 Å². The predicted molar refractivity (Wildman–Crippen MR) is 159 cm³/mol. The fourth-order valence-electron chi connectivity index (χ4n) is 4.01. The lowest BCUT2D eigenvalue weighted by molar-refractivity contribution is 0.282. The van der Waals surface area contributed by atoms with Crippen molar-refractivity contribution in [2.45, 2.75) is 19.6 Å². The van der Waals surface area contributed by atoms with Crippen molar-refractivity contribution >= 4 is 88.5 Å².